The van der Waals surface area contributed by atoms with Crippen LogP contribution in [-0.2, 0) is 4.79 Å². The minimum Gasteiger partial charge on any atom is -0.324 e. The average Bonchev–Trinajstić information content (AvgIpc) is 3.12. The Morgan fingerprint density at radius 1 is 1.06 bits per heavy atom. The van der Waals surface area contributed by atoms with Gasteiger partial charge in [0.2, 0.25) is 5.91 Å². The summed E-state index contributed by atoms with van der Waals surface area (Å²) in [4.78, 5) is 26.3. The molecule has 0 fully saturated rings. The molecule has 2 heterocycles. The number of hydrogen-bond acceptors (Lipinski definition) is 4. The number of benzene rings is 2. The number of rotatable bonds is 5. The number of halogens is 1. The Kier molecular flexibility index (Phi) is 5.37. The predicted octanol–water partition coefficient (Wildman–Crippen LogP) is 3.93. The van der Waals surface area contributed by atoms with Gasteiger partial charge < -0.3 is 5.32 Å². The number of hydrogen-bond donors (Lipinski definition) is 1. The number of carbonyl (C=O) groups is 1. The van der Waals surface area contributed by atoms with Crippen LogP contribution in [0.5, 0.6) is 0 Å². The van der Waals surface area contributed by atoms with Gasteiger partial charge in [-0.05, 0) is 56.7 Å². The number of para-hydroxylation sites is 1. The Balaban J connectivity index is 1.78. The Bertz CT molecular complexity index is 1310. The SMILES string of the molecule is CC[C@@H](C(=O)Nc1ccc(F)cc1)n1nc(C)c2nn(-c3ccccc3)c(C)c2c1=O. The van der Waals surface area contributed by atoms with Crippen molar-refractivity contribution >= 4 is 22.5 Å². The van der Waals surface area contributed by atoms with Gasteiger partial charge in [-0.1, -0.05) is 25.1 Å². The van der Waals surface area contributed by atoms with Crippen LogP contribution in [0.15, 0.2) is 59.4 Å². The van der Waals surface area contributed by atoms with E-state index in [1.165, 1.54) is 28.9 Å². The van der Waals surface area contributed by atoms with Gasteiger partial charge in [-0.25, -0.2) is 13.8 Å². The summed E-state index contributed by atoms with van der Waals surface area (Å²) in [5, 5.41) is 12.2. The molecule has 0 radical (unpaired) electrons. The third kappa shape index (κ3) is 3.72. The van der Waals surface area contributed by atoms with Gasteiger partial charge in [-0.2, -0.15) is 10.2 Å². The van der Waals surface area contributed by atoms with Crippen LogP contribution in [0.25, 0.3) is 16.6 Å². The molecule has 158 valence electrons. The molecule has 2 aromatic heterocycles. The van der Waals surface area contributed by atoms with Crippen molar-refractivity contribution in [1.29, 1.82) is 0 Å². The van der Waals surface area contributed by atoms with E-state index in [0.717, 1.165) is 5.69 Å². The second-order valence-corrected chi connectivity index (χ2v) is 7.31. The van der Waals surface area contributed by atoms with E-state index in [4.69, 9.17) is 0 Å². The van der Waals surface area contributed by atoms with Gasteiger partial charge in [-0.3, -0.25) is 9.59 Å². The smallest absolute Gasteiger partial charge is 0.278 e. The third-order valence-electron chi connectivity index (χ3n) is 5.24. The van der Waals surface area contributed by atoms with Crippen LogP contribution in [0, 0.1) is 19.7 Å². The number of nitrogens with zero attached hydrogens (tertiary/aromatic N) is 4. The van der Waals surface area contributed by atoms with Gasteiger partial charge in [-0.15, -0.1) is 0 Å². The number of aromatic nitrogens is 4. The Morgan fingerprint density at radius 3 is 2.39 bits per heavy atom. The Labute approximate surface area is 178 Å². The molecule has 7 nitrogen and oxygen atoms in total. The normalized spacial score (nSPS) is 12.1. The van der Waals surface area contributed by atoms with E-state index in [0.29, 0.717) is 34.4 Å². The highest BCUT2D eigenvalue weighted by molar-refractivity contribution is 5.94. The lowest BCUT2D eigenvalue weighted by atomic mass is 10.2. The van der Waals surface area contributed by atoms with Gasteiger partial charge in [0.15, 0.2) is 0 Å². The lowest BCUT2D eigenvalue weighted by Gasteiger charge is -2.17. The van der Waals surface area contributed by atoms with Crippen molar-refractivity contribution in [1.82, 2.24) is 19.6 Å². The molecule has 0 aliphatic heterocycles. The number of anilines is 1. The van der Waals surface area contributed by atoms with Gasteiger partial charge >= 0.3 is 0 Å². The summed E-state index contributed by atoms with van der Waals surface area (Å²) in [5.74, 6) is -0.787. The zero-order valence-corrected chi connectivity index (χ0v) is 17.5. The minimum absolute atomic E-state index is 0.358. The quantitative estimate of drug-likeness (QED) is 0.531. The zero-order valence-electron chi connectivity index (χ0n) is 17.5. The second kappa shape index (κ2) is 8.14. The summed E-state index contributed by atoms with van der Waals surface area (Å²) in [6.45, 7) is 5.40. The fourth-order valence-corrected chi connectivity index (χ4v) is 3.64. The molecule has 4 aromatic rings. The number of nitrogens with one attached hydrogen (secondary N) is 1. The summed E-state index contributed by atoms with van der Waals surface area (Å²) in [6.07, 6.45) is 0.358. The van der Waals surface area contributed by atoms with Crippen LogP contribution in [0.3, 0.4) is 0 Å². The Morgan fingerprint density at radius 2 is 1.74 bits per heavy atom. The van der Waals surface area contributed by atoms with E-state index in [9.17, 15) is 14.0 Å². The fourth-order valence-electron chi connectivity index (χ4n) is 3.64. The van der Waals surface area contributed by atoms with Crippen LogP contribution in [-0.4, -0.2) is 25.5 Å². The molecular formula is C23H22FN5O2. The predicted molar refractivity (Wildman–Crippen MR) is 117 cm³/mol. The van der Waals surface area contributed by atoms with Crippen molar-refractivity contribution in [3.8, 4) is 5.69 Å². The van der Waals surface area contributed by atoms with Crippen molar-refractivity contribution in [3.05, 3.63) is 82.2 Å². The summed E-state index contributed by atoms with van der Waals surface area (Å²) < 4.78 is 16.1. The van der Waals surface area contributed by atoms with E-state index >= 15 is 0 Å². The molecule has 0 bridgehead atoms. The lowest BCUT2D eigenvalue weighted by molar-refractivity contribution is -0.119. The van der Waals surface area contributed by atoms with E-state index in [1.54, 1.807) is 11.6 Å². The minimum atomic E-state index is -0.819. The number of fused-ring (bicyclic) bond motifs is 1. The summed E-state index contributed by atoms with van der Waals surface area (Å²) in [6, 6.07) is 14.2. The van der Waals surface area contributed by atoms with Gasteiger partial charge in [0.05, 0.1) is 22.5 Å². The highest BCUT2D eigenvalue weighted by Crippen LogP contribution is 2.22. The summed E-state index contributed by atoms with van der Waals surface area (Å²) >= 11 is 0. The Hall–Kier alpha value is -3.81. The summed E-state index contributed by atoms with van der Waals surface area (Å²) in [7, 11) is 0. The van der Waals surface area contributed by atoms with Crippen LogP contribution in [0.1, 0.15) is 30.8 Å². The molecule has 1 atom stereocenters. The third-order valence-corrected chi connectivity index (χ3v) is 5.24. The molecule has 31 heavy (non-hydrogen) atoms. The fraction of sp³-hybridized carbons (Fsp3) is 0.217. The van der Waals surface area contributed by atoms with Crippen LogP contribution in [0.2, 0.25) is 0 Å². The first-order valence-corrected chi connectivity index (χ1v) is 10.0. The highest BCUT2D eigenvalue weighted by atomic mass is 19.1. The molecule has 8 heteroatoms. The van der Waals surface area contributed by atoms with Crippen molar-refractivity contribution in [3.63, 3.8) is 0 Å². The average molecular weight is 419 g/mol. The summed E-state index contributed by atoms with van der Waals surface area (Å²) in [5.41, 5.74) is 2.66. The van der Waals surface area contributed by atoms with Crippen molar-refractivity contribution in [2.24, 2.45) is 0 Å². The van der Waals surface area contributed by atoms with Crippen LogP contribution >= 0.6 is 0 Å². The largest absolute Gasteiger partial charge is 0.324 e. The van der Waals surface area contributed by atoms with E-state index in [-0.39, 0.29) is 5.56 Å². The molecule has 2 aromatic carbocycles. The number of amides is 1. The van der Waals surface area contributed by atoms with E-state index in [1.807, 2.05) is 44.2 Å². The lowest BCUT2D eigenvalue weighted by Crippen LogP contribution is -2.35. The maximum Gasteiger partial charge on any atom is 0.278 e. The molecule has 0 saturated carbocycles. The highest BCUT2D eigenvalue weighted by Gasteiger charge is 2.25. The molecule has 0 aliphatic rings. The molecule has 0 spiro atoms. The number of carbonyl (C=O) groups excluding carboxylic acids is 1. The van der Waals surface area contributed by atoms with Gasteiger partial charge in [0.25, 0.3) is 5.56 Å². The molecular weight excluding hydrogens is 397 g/mol. The molecule has 1 N–H and O–H groups in total. The standard InChI is InChI=1S/C23H22FN5O2/c1-4-19(22(30)25-17-12-10-16(24)11-13-17)29-23(31)20-15(3)28(18-8-6-5-7-9-18)27-21(20)14(2)26-29/h5-13,19H,4H2,1-3H3,(H,25,30)/t19-/m0/s1. The van der Waals surface area contributed by atoms with E-state index in [2.05, 4.69) is 15.5 Å². The molecule has 0 aliphatic carbocycles. The van der Waals surface area contributed by atoms with Gasteiger partial charge in [0.1, 0.15) is 17.4 Å². The zero-order chi connectivity index (χ0) is 22.1. The number of aryl methyl sites for hydroxylation is 2. The topological polar surface area (TPSA) is 81.8 Å². The second-order valence-electron chi connectivity index (χ2n) is 7.31. The molecule has 0 unspecified atom stereocenters. The molecule has 4 rings (SSSR count). The maximum atomic E-state index is 13.4. The van der Waals surface area contributed by atoms with E-state index < -0.39 is 17.8 Å². The molecule has 1 amide bonds. The monoisotopic (exact) mass is 419 g/mol. The van der Waals surface area contributed by atoms with Crippen molar-refractivity contribution in [2.75, 3.05) is 5.32 Å². The van der Waals surface area contributed by atoms with Gasteiger partial charge in [0, 0.05) is 5.69 Å². The first-order valence-electron chi connectivity index (χ1n) is 10.0. The van der Waals surface area contributed by atoms with Crippen molar-refractivity contribution < 1.29 is 9.18 Å². The van der Waals surface area contributed by atoms with Crippen LogP contribution in [0.4, 0.5) is 10.1 Å². The molecule has 0 saturated heterocycles. The first kappa shape index (κ1) is 20.5. The van der Waals surface area contributed by atoms with Crippen molar-refractivity contribution in [2.45, 2.75) is 33.2 Å². The van der Waals surface area contributed by atoms with Crippen LogP contribution < -0.4 is 10.9 Å². The maximum absolute atomic E-state index is 13.4. The first-order chi connectivity index (χ1) is 14.9.